The zero-order valence-electron chi connectivity index (χ0n) is 68.5. The van der Waals surface area contributed by atoms with Gasteiger partial charge in [-0.2, -0.15) is 13.2 Å². The average Bonchev–Trinajstić information content (AvgIpc) is 0.827. The van der Waals surface area contributed by atoms with Gasteiger partial charge in [0.05, 0.1) is 11.3 Å². The molecule has 0 aliphatic rings. The second-order valence-corrected chi connectivity index (χ2v) is 28.0. The van der Waals surface area contributed by atoms with Crippen LogP contribution in [0.2, 0.25) is 5.02 Å². The number of ether oxygens (including phenoxy) is 5. The van der Waals surface area contributed by atoms with Crippen molar-refractivity contribution in [1.29, 1.82) is 0 Å². The van der Waals surface area contributed by atoms with E-state index in [1.165, 1.54) is 53.1 Å². The molecule has 0 aliphatic heterocycles. The molecule has 0 fully saturated rings. The monoisotopic (exact) mass is 1610 g/mol. The third-order valence-electron chi connectivity index (χ3n) is 17.9. The first-order valence-electron chi connectivity index (χ1n) is 38.1. The van der Waals surface area contributed by atoms with Gasteiger partial charge in [0.2, 0.25) is 29.5 Å². The summed E-state index contributed by atoms with van der Waals surface area (Å²) < 4.78 is 107. The molecule has 0 saturated heterocycles. The average molecular weight is 1610 g/mol. The number of hydrogen-bond donors (Lipinski definition) is 5. The summed E-state index contributed by atoms with van der Waals surface area (Å²) in [6.45, 7) is 33.5. The number of carbonyl (C=O) groups excluding carboxylic acids is 5. The van der Waals surface area contributed by atoms with Crippen LogP contribution in [0.3, 0.4) is 0 Å². The minimum Gasteiger partial charge on any atom is -0.489 e. The van der Waals surface area contributed by atoms with Gasteiger partial charge in [-0.1, -0.05) is 178 Å². The molecule has 614 valence electrons. The highest BCUT2D eigenvalue weighted by Crippen LogP contribution is 2.35. The second kappa shape index (κ2) is 45.9. The second-order valence-electron chi connectivity index (χ2n) is 27.6. The lowest BCUT2D eigenvalue weighted by molar-refractivity contribution is -0.137. The van der Waals surface area contributed by atoms with Crippen LogP contribution < -0.4 is 50.3 Å². The van der Waals surface area contributed by atoms with Crippen LogP contribution >= 0.6 is 11.6 Å². The summed E-state index contributed by atoms with van der Waals surface area (Å²) in [4.78, 5) is 58.1. The number of anilines is 5. The van der Waals surface area contributed by atoms with E-state index in [1.807, 2.05) is 173 Å². The van der Waals surface area contributed by atoms with Crippen molar-refractivity contribution in [2.75, 3.05) is 26.6 Å². The molecule has 0 atom stereocenters. The Kier molecular flexibility index (Phi) is 36.8. The predicted molar refractivity (Wildman–Crippen MR) is 453 cm³/mol. The van der Waals surface area contributed by atoms with E-state index in [0.29, 0.717) is 83.7 Å². The molecule has 5 N–H and O–H groups in total. The van der Waals surface area contributed by atoms with Crippen molar-refractivity contribution in [3.05, 3.63) is 300 Å². The van der Waals surface area contributed by atoms with Crippen LogP contribution in [0.5, 0.6) is 28.7 Å². The highest BCUT2D eigenvalue weighted by atomic mass is 35.5. The van der Waals surface area contributed by atoms with E-state index in [2.05, 4.69) is 52.2 Å². The van der Waals surface area contributed by atoms with Gasteiger partial charge in [0.15, 0.2) is 0 Å². The van der Waals surface area contributed by atoms with Gasteiger partial charge in [-0.05, 0) is 194 Å². The minimum absolute atomic E-state index is 0.0148. The van der Waals surface area contributed by atoms with Gasteiger partial charge in [0, 0.05) is 93.3 Å². The first-order valence-corrected chi connectivity index (χ1v) is 38.4. The van der Waals surface area contributed by atoms with Gasteiger partial charge in [-0.3, -0.25) is 24.0 Å². The lowest BCUT2D eigenvalue weighted by Gasteiger charge is -2.16. The van der Waals surface area contributed by atoms with Crippen LogP contribution in [0.15, 0.2) is 189 Å². The summed E-state index contributed by atoms with van der Waals surface area (Å²) in [6.07, 6.45) is -3.52. The quantitative estimate of drug-likeness (QED) is 0.0310. The molecule has 0 radical (unpaired) electrons. The molecule has 15 nitrogen and oxygen atoms in total. The number of nitrogens with one attached hydrogen (secondary N) is 5. The van der Waals surface area contributed by atoms with E-state index in [0.717, 1.165) is 96.3 Å². The van der Waals surface area contributed by atoms with Crippen molar-refractivity contribution in [1.82, 2.24) is 0 Å². The van der Waals surface area contributed by atoms with Gasteiger partial charge in [0.1, 0.15) is 67.6 Å². The summed E-state index contributed by atoms with van der Waals surface area (Å²) in [6, 6.07) is 52.4. The molecule has 22 heteroatoms. The molecule has 0 bridgehead atoms. The minimum atomic E-state index is -4.46. The highest BCUT2D eigenvalue weighted by Gasteiger charge is 2.31. The summed E-state index contributed by atoms with van der Waals surface area (Å²) >= 11 is 6.01. The summed E-state index contributed by atoms with van der Waals surface area (Å²) in [5, 5.41) is 14.4. The van der Waals surface area contributed by atoms with Gasteiger partial charge in [-0.15, -0.1) is 0 Å². The number of hydrogen-bond acceptors (Lipinski definition) is 10. The van der Waals surface area contributed by atoms with Crippen LogP contribution in [0.4, 0.5) is 54.8 Å². The lowest BCUT2D eigenvalue weighted by atomic mass is 10.1. The predicted octanol–water partition coefficient (Wildman–Crippen LogP) is 24.5. The topological polar surface area (TPSA) is 192 Å². The number of amides is 5. The van der Waals surface area contributed by atoms with Crippen molar-refractivity contribution in [3.63, 3.8) is 0 Å². The molecule has 0 heterocycles. The molecule has 5 amide bonds. The van der Waals surface area contributed by atoms with E-state index in [1.54, 1.807) is 51.1 Å². The van der Waals surface area contributed by atoms with Crippen molar-refractivity contribution < 1.29 is 74.0 Å². The summed E-state index contributed by atoms with van der Waals surface area (Å²) in [5.74, 6) is 2.72. The normalized spacial score (nSPS) is 10.6. The fourth-order valence-corrected chi connectivity index (χ4v) is 11.5. The van der Waals surface area contributed by atoms with E-state index < -0.39 is 18.2 Å². The molecular weight excluding hydrogens is 1510 g/mol. The Bertz CT molecular complexity index is 4910. The largest absolute Gasteiger partial charge is 0.489 e. The molecule has 10 rings (SSSR count). The first kappa shape index (κ1) is 93.0. The van der Waals surface area contributed by atoms with Crippen molar-refractivity contribution in [2.45, 2.75) is 182 Å². The number of alkyl halides is 5. The standard InChI is InChI=1S/C20H23NO2.C19H20F3NO2.C19H21F2NO2.C18H20ClNO2.C18H20FNO2/c1-5-16-8-9-17(18(12-16)21-20(22)6-2)13-23-19-10-7-14(3)11-15(19)4;1-4-18(24)23-16-7-6-15(19(20,21)22)10-14(16)11-25-17-8-5-12(2)9-13(17)3;1-4-18(23)22-16-7-6-14(19(20)21)10-15(16)11-24-17-8-5-12(2)9-13(17)3;2*1-4-18(21)20-16-10-15(19)7-6-14(16)11-22-17-8-5-12(2)9-13(17)3/h5,7-12H,1,6,13H2,2-4H3,(H,21,22);5-10H,4,11H2,1-3H3,(H,23,24);5-10,19H,4,11H2,1-3H3,(H,22,23);2*5-10H,4,11H2,1-3H3,(H,20,21). The third-order valence-corrected chi connectivity index (χ3v) is 18.1. The zero-order chi connectivity index (χ0) is 85.3. The maximum Gasteiger partial charge on any atom is 0.416 e. The van der Waals surface area contributed by atoms with Crippen LogP contribution in [-0.2, 0) is 63.2 Å². The Morgan fingerprint density at radius 2 is 0.664 bits per heavy atom. The Labute approximate surface area is 682 Å². The molecule has 10 aromatic carbocycles. The maximum absolute atomic E-state index is 13.4. The van der Waals surface area contributed by atoms with E-state index in [4.69, 9.17) is 35.3 Å². The van der Waals surface area contributed by atoms with Gasteiger partial charge in [0.25, 0.3) is 6.43 Å². The molecule has 0 unspecified atom stereocenters. The zero-order valence-corrected chi connectivity index (χ0v) is 69.2. The van der Waals surface area contributed by atoms with Gasteiger partial charge in [-0.25, -0.2) is 13.2 Å². The number of benzene rings is 10. The van der Waals surface area contributed by atoms with Crippen molar-refractivity contribution >= 4 is 75.6 Å². The van der Waals surface area contributed by atoms with E-state index in [9.17, 15) is 50.3 Å². The Morgan fingerprint density at radius 1 is 0.362 bits per heavy atom. The van der Waals surface area contributed by atoms with Crippen LogP contribution in [0.25, 0.3) is 6.08 Å². The Morgan fingerprint density at radius 3 is 0.991 bits per heavy atom. The fraction of sp³-hybridized carbons (Fsp3) is 0.287. The molecule has 0 aliphatic carbocycles. The van der Waals surface area contributed by atoms with E-state index >= 15 is 0 Å². The smallest absolute Gasteiger partial charge is 0.416 e. The Balaban J connectivity index is 0.000000226. The van der Waals surface area contributed by atoms with Crippen molar-refractivity contribution in [3.8, 4) is 28.7 Å². The van der Waals surface area contributed by atoms with Gasteiger partial charge >= 0.3 is 6.18 Å². The summed E-state index contributed by atoms with van der Waals surface area (Å²) in [5.41, 5.74) is 17.1. The van der Waals surface area contributed by atoms with Crippen molar-refractivity contribution in [2.24, 2.45) is 0 Å². The molecular formula is C94H104ClF6N5O10. The van der Waals surface area contributed by atoms with Crippen LogP contribution in [0, 0.1) is 75.1 Å². The lowest BCUT2D eigenvalue weighted by Crippen LogP contribution is -2.14. The number of carbonyl (C=O) groups is 5. The fourth-order valence-electron chi connectivity index (χ4n) is 11.3. The molecule has 0 spiro atoms. The van der Waals surface area contributed by atoms with E-state index in [-0.39, 0.29) is 72.7 Å². The molecule has 10 aromatic rings. The maximum atomic E-state index is 13.4. The highest BCUT2D eigenvalue weighted by molar-refractivity contribution is 6.31. The number of halogens is 7. The number of aryl methyl sites for hydroxylation is 10. The van der Waals surface area contributed by atoms with Crippen LogP contribution in [-0.4, -0.2) is 29.5 Å². The molecule has 116 heavy (non-hydrogen) atoms. The SMILES string of the molecule is C=Cc1ccc(COc2ccc(C)cc2C)c(NC(=O)CC)c1.CCC(=O)Nc1cc(Cl)ccc1COc1ccc(C)cc1C.CCC(=O)Nc1cc(F)ccc1COc1ccc(C)cc1C.CCC(=O)Nc1ccc(C(F)(F)F)cc1COc1ccc(C)cc1C.CCC(=O)Nc1ccc(C(F)F)cc1COc1ccc(C)cc1C. The molecule has 0 saturated carbocycles. The molecule has 0 aromatic heterocycles. The number of rotatable bonds is 27. The van der Waals surface area contributed by atoms with Crippen LogP contribution in [0.1, 0.15) is 173 Å². The first-order chi connectivity index (χ1) is 55.1. The Hall–Kier alpha value is -11.8. The van der Waals surface area contributed by atoms with Gasteiger partial charge < -0.3 is 50.3 Å². The summed E-state index contributed by atoms with van der Waals surface area (Å²) in [7, 11) is 0. The third kappa shape index (κ3) is 30.5.